The summed E-state index contributed by atoms with van der Waals surface area (Å²) in [5.41, 5.74) is -2.48. The highest BCUT2D eigenvalue weighted by Crippen LogP contribution is 2.33. The van der Waals surface area contributed by atoms with Crippen LogP contribution in [0.1, 0.15) is 21.5 Å². The fourth-order valence-electron chi connectivity index (χ4n) is 1.03. The smallest absolute Gasteiger partial charge is 0.416 e. The largest absolute Gasteiger partial charge is 0.478 e. The van der Waals surface area contributed by atoms with Crippen molar-refractivity contribution in [1.82, 2.24) is 0 Å². The molecule has 0 aliphatic heterocycles. The number of nitrogens with zero attached hydrogens (tertiary/aromatic N) is 1. The SMILES string of the molecule is N#Cc1cc(C(F)(F)F)cc(C(=O)O)c1Cl. The third-order valence-electron chi connectivity index (χ3n) is 1.75. The topological polar surface area (TPSA) is 61.1 Å². The monoisotopic (exact) mass is 249 g/mol. The van der Waals surface area contributed by atoms with Crippen molar-refractivity contribution >= 4 is 17.6 Å². The second-order valence-electron chi connectivity index (χ2n) is 2.80. The van der Waals surface area contributed by atoms with E-state index >= 15 is 0 Å². The van der Waals surface area contributed by atoms with E-state index < -0.39 is 33.9 Å². The zero-order valence-corrected chi connectivity index (χ0v) is 8.23. The number of nitriles is 1. The molecule has 0 aliphatic carbocycles. The lowest BCUT2D eigenvalue weighted by Crippen LogP contribution is -2.09. The molecule has 0 saturated carbocycles. The highest BCUT2D eigenvalue weighted by Gasteiger charge is 2.33. The number of alkyl halides is 3. The Kier molecular flexibility index (Phi) is 3.10. The summed E-state index contributed by atoms with van der Waals surface area (Å²) in [6.45, 7) is 0. The van der Waals surface area contributed by atoms with Crippen molar-refractivity contribution in [2.24, 2.45) is 0 Å². The fourth-order valence-corrected chi connectivity index (χ4v) is 1.26. The molecule has 84 valence electrons. The fraction of sp³-hybridized carbons (Fsp3) is 0.111. The third-order valence-corrected chi connectivity index (χ3v) is 2.16. The molecule has 0 amide bonds. The lowest BCUT2D eigenvalue weighted by Gasteiger charge is -2.09. The van der Waals surface area contributed by atoms with Crippen molar-refractivity contribution in [1.29, 1.82) is 5.26 Å². The van der Waals surface area contributed by atoms with Crippen LogP contribution >= 0.6 is 11.6 Å². The van der Waals surface area contributed by atoms with Gasteiger partial charge in [-0.25, -0.2) is 4.79 Å². The number of hydrogen-bond donors (Lipinski definition) is 1. The Morgan fingerprint density at radius 2 is 2.00 bits per heavy atom. The van der Waals surface area contributed by atoms with Crippen LogP contribution in [0.3, 0.4) is 0 Å². The van der Waals surface area contributed by atoms with Gasteiger partial charge >= 0.3 is 12.1 Å². The molecule has 0 unspecified atom stereocenters. The van der Waals surface area contributed by atoms with Crippen LogP contribution in [0, 0.1) is 11.3 Å². The van der Waals surface area contributed by atoms with Gasteiger partial charge in [0.05, 0.1) is 21.7 Å². The maximum atomic E-state index is 12.3. The van der Waals surface area contributed by atoms with E-state index in [1.807, 2.05) is 0 Å². The number of carbonyl (C=O) groups is 1. The molecular formula is C9H3ClF3NO2. The molecule has 0 atom stereocenters. The van der Waals surface area contributed by atoms with Crippen LogP contribution in [-0.2, 0) is 6.18 Å². The predicted octanol–water partition coefficient (Wildman–Crippen LogP) is 2.93. The van der Waals surface area contributed by atoms with Gasteiger partial charge in [-0.15, -0.1) is 0 Å². The number of benzene rings is 1. The summed E-state index contributed by atoms with van der Waals surface area (Å²) in [6.07, 6.45) is -4.72. The number of rotatable bonds is 1. The van der Waals surface area contributed by atoms with Gasteiger partial charge in [0, 0.05) is 0 Å². The zero-order valence-electron chi connectivity index (χ0n) is 7.47. The first-order valence-corrected chi connectivity index (χ1v) is 4.19. The van der Waals surface area contributed by atoms with E-state index in [1.54, 1.807) is 0 Å². The summed E-state index contributed by atoms with van der Waals surface area (Å²) in [5, 5.41) is 16.6. The van der Waals surface area contributed by atoms with Crippen molar-refractivity contribution in [2.45, 2.75) is 6.18 Å². The van der Waals surface area contributed by atoms with Gasteiger partial charge in [0.2, 0.25) is 0 Å². The van der Waals surface area contributed by atoms with Crippen molar-refractivity contribution in [3.63, 3.8) is 0 Å². The van der Waals surface area contributed by atoms with E-state index in [-0.39, 0.29) is 0 Å². The average Bonchev–Trinajstić information content (AvgIpc) is 2.15. The number of hydrogen-bond acceptors (Lipinski definition) is 2. The summed E-state index contributed by atoms with van der Waals surface area (Å²) >= 11 is 5.46. The number of carboxylic acids is 1. The average molecular weight is 250 g/mol. The van der Waals surface area contributed by atoms with Gasteiger partial charge in [-0.3, -0.25) is 0 Å². The lowest BCUT2D eigenvalue weighted by molar-refractivity contribution is -0.137. The van der Waals surface area contributed by atoms with Gasteiger partial charge in [-0.2, -0.15) is 18.4 Å². The van der Waals surface area contributed by atoms with Crippen LogP contribution in [0.5, 0.6) is 0 Å². The Morgan fingerprint density at radius 3 is 2.38 bits per heavy atom. The van der Waals surface area contributed by atoms with Crippen molar-refractivity contribution in [3.8, 4) is 6.07 Å². The van der Waals surface area contributed by atoms with Crippen LogP contribution in [0.25, 0.3) is 0 Å². The molecule has 0 aromatic heterocycles. The van der Waals surface area contributed by atoms with Gasteiger partial charge in [-0.05, 0) is 12.1 Å². The first-order valence-electron chi connectivity index (χ1n) is 3.81. The molecule has 0 fully saturated rings. The summed E-state index contributed by atoms with van der Waals surface area (Å²) in [5.74, 6) is -1.62. The molecule has 16 heavy (non-hydrogen) atoms. The predicted molar refractivity (Wildman–Crippen MR) is 48.1 cm³/mol. The quantitative estimate of drug-likeness (QED) is 0.832. The maximum Gasteiger partial charge on any atom is 0.416 e. The molecular weight excluding hydrogens is 247 g/mol. The molecule has 1 N–H and O–H groups in total. The summed E-state index contributed by atoms with van der Waals surface area (Å²) in [7, 11) is 0. The minimum atomic E-state index is -4.72. The van der Waals surface area contributed by atoms with E-state index in [0.717, 1.165) is 0 Å². The van der Waals surface area contributed by atoms with E-state index in [4.69, 9.17) is 22.0 Å². The first-order chi connectivity index (χ1) is 7.27. The maximum absolute atomic E-state index is 12.3. The van der Waals surface area contributed by atoms with E-state index in [1.165, 1.54) is 6.07 Å². The van der Waals surface area contributed by atoms with Crippen molar-refractivity contribution in [2.75, 3.05) is 0 Å². The summed E-state index contributed by atoms with van der Waals surface area (Å²) < 4.78 is 37.0. The minimum absolute atomic E-state index is 0.394. The van der Waals surface area contributed by atoms with Gasteiger partial charge in [0.25, 0.3) is 0 Å². The minimum Gasteiger partial charge on any atom is -0.478 e. The zero-order chi connectivity index (χ0) is 12.5. The summed E-state index contributed by atoms with van der Waals surface area (Å²) in [6, 6.07) is 2.31. The van der Waals surface area contributed by atoms with E-state index in [2.05, 4.69) is 0 Å². The van der Waals surface area contributed by atoms with Gasteiger partial charge in [0.1, 0.15) is 6.07 Å². The molecule has 0 saturated heterocycles. The standard InChI is InChI=1S/C9H3ClF3NO2/c10-7-4(3-14)1-5(9(11,12)13)2-6(7)8(15)16/h1-2H,(H,15,16). The molecule has 1 aromatic rings. The van der Waals surface area contributed by atoms with Crippen LogP contribution in [-0.4, -0.2) is 11.1 Å². The number of halogens is 4. The Hall–Kier alpha value is -1.74. The molecule has 7 heteroatoms. The molecule has 0 heterocycles. The normalized spacial score (nSPS) is 10.9. The molecule has 0 bridgehead atoms. The molecule has 0 radical (unpaired) electrons. The third kappa shape index (κ3) is 2.25. The van der Waals surface area contributed by atoms with Crippen molar-refractivity contribution < 1.29 is 23.1 Å². The first kappa shape index (κ1) is 12.3. The lowest BCUT2D eigenvalue weighted by atomic mass is 10.1. The van der Waals surface area contributed by atoms with Gasteiger partial charge in [0.15, 0.2) is 0 Å². The Labute approximate surface area is 92.7 Å². The molecule has 0 spiro atoms. The number of carboxylic acid groups (broad SMARTS) is 1. The van der Waals surface area contributed by atoms with E-state index in [0.29, 0.717) is 12.1 Å². The van der Waals surface area contributed by atoms with Gasteiger partial charge in [-0.1, -0.05) is 11.6 Å². The number of aromatic carboxylic acids is 1. The van der Waals surface area contributed by atoms with Crippen LogP contribution < -0.4 is 0 Å². The van der Waals surface area contributed by atoms with Crippen LogP contribution in [0.2, 0.25) is 5.02 Å². The second-order valence-corrected chi connectivity index (χ2v) is 3.18. The van der Waals surface area contributed by atoms with Crippen molar-refractivity contribution in [3.05, 3.63) is 33.8 Å². The van der Waals surface area contributed by atoms with Crippen LogP contribution in [0.15, 0.2) is 12.1 Å². The highest BCUT2D eigenvalue weighted by atomic mass is 35.5. The molecule has 1 rings (SSSR count). The summed E-state index contributed by atoms with van der Waals surface area (Å²) in [4.78, 5) is 10.6. The molecule has 0 aliphatic rings. The highest BCUT2D eigenvalue weighted by molar-refractivity contribution is 6.34. The molecule has 3 nitrogen and oxygen atoms in total. The van der Waals surface area contributed by atoms with E-state index in [9.17, 15) is 18.0 Å². The Morgan fingerprint density at radius 1 is 1.44 bits per heavy atom. The van der Waals surface area contributed by atoms with Crippen LogP contribution in [0.4, 0.5) is 13.2 Å². The molecule has 1 aromatic carbocycles. The van der Waals surface area contributed by atoms with Gasteiger partial charge < -0.3 is 5.11 Å². The Bertz CT molecular complexity index is 491. The Balaban J connectivity index is 3.54. The second kappa shape index (κ2) is 4.02.